The number of carboxylic acid groups (broad SMARTS) is 1. The zero-order chi connectivity index (χ0) is 14.7. The first-order valence-electron chi connectivity index (χ1n) is 5.42. The molecule has 0 amide bonds. The Bertz CT molecular complexity index is 686. The number of nitro groups is 1. The molecule has 0 bridgehead atoms. The molecule has 0 aliphatic heterocycles. The van der Waals surface area contributed by atoms with E-state index in [0.29, 0.717) is 5.75 Å². The summed E-state index contributed by atoms with van der Waals surface area (Å²) in [5.74, 6) is -0.823. The van der Waals surface area contributed by atoms with Crippen molar-refractivity contribution in [3.05, 3.63) is 62.6 Å². The quantitative estimate of drug-likeness (QED) is 0.676. The van der Waals surface area contributed by atoms with Crippen LogP contribution in [-0.4, -0.2) is 16.0 Å². The predicted molar refractivity (Wildman–Crippen MR) is 74.3 cm³/mol. The Labute approximate surface area is 121 Å². The third-order valence-electron chi connectivity index (χ3n) is 2.43. The lowest BCUT2D eigenvalue weighted by Crippen LogP contribution is -2.01. The van der Waals surface area contributed by atoms with Gasteiger partial charge in [0.05, 0.1) is 4.92 Å². The molecule has 0 aromatic heterocycles. The van der Waals surface area contributed by atoms with Crippen LogP contribution in [0, 0.1) is 10.1 Å². The summed E-state index contributed by atoms with van der Waals surface area (Å²) in [6.45, 7) is 0. The minimum Gasteiger partial charge on any atom is -0.478 e. The Morgan fingerprint density at radius 2 is 2.00 bits per heavy atom. The minimum atomic E-state index is -1.29. The van der Waals surface area contributed by atoms with Gasteiger partial charge in [-0.25, -0.2) is 4.79 Å². The lowest BCUT2D eigenvalue weighted by atomic mass is 10.2. The highest BCUT2D eigenvalue weighted by molar-refractivity contribution is 9.10. The van der Waals surface area contributed by atoms with Gasteiger partial charge in [0.15, 0.2) is 0 Å². The maximum atomic E-state index is 11.1. The van der Waals surface area contributed by atoms with E-state index in [4.69, 9.17) is 9.84 Å². The molecule has 7 heteroatoms. The van der Waals surface area contributed by atoms with Gasteiger partial charge in [0, 0.05) is 16.6 Å². The van der Waals surface area contributed by atoms with Crippen LogP contribution in [0.4, 0.5) is 5.69 Å². The molecule has 0 aliphatic carbocycles. The van der Waals surface area contributed by atoms with Gasteiger partial charge in [-0.1, -0.05) is 22.0 Å². The molecule has 0 aliphatic rings. The summed E-state index contributed by atoms with van der Waals surface area (Å²) in [6, 6.07) is 10.3. The number of nitrogens with zero attached hydrogens (tertiary/aromatic N) is 1. The second-order valence-corrected chi connectivity index (χ2v) is 4.72. The van der Waals surface area contributed by atoms with E-state index in [1.807, 2.05) is 0 Å². The highest BCUT2D eigenvalue weighted by Gasteiger charge is 2.17. The van der Waals surface area contributed by atoms with Crippen molar-refractivity contribution in [1.29, 1.82) is 0 Å². The molecular formula is C13H8BrNO5. The van der Waals surface area contributed by atoms with Crippen LogP contribution in [0.2, 0.25) is 0 Å². The summed E-state index contributed by atoms with van der Waals surface area (Å²) >= 11 is 3.27. The molecule has 2 aromatic rings. The van der Waals surface area contributed by atoms with Crippen LogP contribution < -0.4 is 4.74 Å². The molecule has 2 aromatic carbocycles. The van der Waals surface area contributed by atoms with E-state index < -0.39 is 10.9 Å². The molecule has 0 saturated carbocycles. The van der Waals surface area contributed by atoms with Gasteiger partial charge >= 0.3 is 5.97 Å². The van der Waals surface area contributed by atoms with Gasteiger partial charge in [0.25, 0.3) is 5.69 Å². The van der Waals surface area contributed by atoms with Crippen molar-refractivity contribution in [2.75, 3.05) is 0 Å². The largest absolute Gasteiger partial charge is 0.478 e. The Morgan fingerprint density at radius 3 is 2.60 bits per heavy atom. The van der Waals surface area contributed by atoms with Crippen LogP contribution in [0.15, 0.2) is 46.9 Å². The number of nitro benzene ring substituents is 1. The first-order valence-corrected chi connectivity index (χ1v) is 6.22. The normalized spacial score (nSPS) is 10.1. The second-order valence-electron chi connectivity index (χ2n) is 3.80. The summed E-state index contributed by atoms with van der Waals surface area (Å²) in [5.41, 5.74) is -0.567. The van der Waals surface area contributed by atoms with Crippen molar-refractivity contribution in [2.24, 2.45) is 0 Å². The van der Waals surface area contributed by atoms with E-state index in [1.54, 1.807) is 24.3 Å². The van der Waals surface area contributed by atoms with Crippen LogP contribution in [0.3, 0.4) is 0 Å². The zero-order valence-corrected chi connectivity index (χ0v) is 11.5. The number of hydrogen-bond acceptors (Lipinski definition) is 4. The fourth-order valence-electron chi connectivity index (χ4n) is 1.55. The van der Waals surface area contributed by atoms with E-state index in [9.17, 15) is 14.9 Å². The molecule has 20 heavy (non-hydrogen) atoms. The standard InChI is InChI=1S/C13H8BrNO5/c14-8-2-1-3-10(6-8)20-12-5-4-9(15(18)19)7-11(12)13(16)17/h1-7H,(H,16,17). The van der Waals surface area contributed by atoms with Gasteiger partial charge in [0.2, 0.25) is 0 Å². The van der Waals surface area contributed by atoms with Crippen LogP contribution in [0.5, 0.6) is 11.5 Å². The van der Waals surface area contributed by atoms with E-state index in [2.05, 4.69) is 15.9 Å². The summed E-state index contributed by atoms with van der Waals surface area (Å²) in [5, 5.41) is 19.7. The number of aromatic carboxylic acids is 1. The average Bonchev–Trinajstić information content (AvgIpc) is 2.38. The van der Waals surface area contributed by atoms with E-state index >= 15 is 0 Å². The molecule has 0 fully saturated rings. The SMILES string of the molecule is O=C(O)c1cc([N+](=O)[O-])ccc1Oc1cccc(Br)c1. The Morgan fingerprint density at radius 1 is 1.25 bits per heavy atom. The van der Waals surface area contributed by atoms with Crippen molar-refractivity contribution >= 4 is 27.6 Å². The lowest BCUT2D eigenvalue weighted by Gasteiger charge is -2.08. The fourth-order valence-corrected chi connectivity index (χ4v) is 1.92. The zero-order valence-electron chi connectivity index (χ0n) is 9.95. The summed E-state index contributed by atoms with van der Waals surface area (Å²) in [7, 11) is 0. The van der Waals surface area contributed by atoms with Gasteiger partial charge < -0.3 is 9.84 Å². The number of benzene rings is 2. The second kappa shape index (κ2) is 5.70. The number of ether oxygens (including phenoxy) is 1. The van der Waals surface area contributed by atoms with Crippen molar-refractivity contribution in [2.45, 2.75) is 0 Å². The number of non-ortho nitro benzene ring substituents is 1. The van der Waals surface area contributed by atoms with Crippen LogP contribution in [-0.2, 0) is 0 Å². The van der Waals surface area contributed by atoms with E-state index in [-0.39, 0.29) is 17.0 Å². The molecule has 0 radical (unpaired) electrons. The molecule has 0 saturated heterocycles. The highest BCUT2D eigenvalue weighted by Crippen LogP contribution is 2.30. The van der Waals surface area contributed by atoms with Crippen LogP contribution >= 0.6 is 15.9 Å². The van der Waals surface area contributed by atoms with Gasteiger partial charge in [-0.3, -0.25) is 10.1 Å². The number of carbonyl (C=O) groups is 1. The molecule has 1 N–H and O–H groups in total. The Hall–Kier alpha value is -2.41. The predicted octanol–water partition coefficient (Wildman–Crippen LogP) is 3.85. The fraction of sp³-hybridized carbons (Fsp3) is 0. The number of hydrogen-bond donors (Lipinski definition) is 1. The van der Waals surface area contributed by atoms with E-state index in [1.165, 1.54) is 12.1 Å². The maximum absolute atomic E-state index is 11.1. The third kappa shape index (κ3) is 3.12. The number of rotatable bonds is 4. The van der Waals surface area contributed by atoms with Gasteiger partial charge in [-0.2, -0.15) is 0 Å². The Balaban J connectivity index is 2.41. The van der Waals surface area contributed by atoms with Crippen molar-refractivity contribution in [3.63, 3.8) is 0 Å². The minimum absolute atomic E-state index is 0.0428. The van der Waals surface area contributed by atoms with Gasteiger partial charge in [-0.15, -0.1) is 0 Å². The molecule has 102 valence electrons. The molecule has 6 nitrogen and oxygen atoms in total. The molecule has 0 atom stereocenters. The third-order valence-corrected chi connectivity index (χ3v) is 2.92. The summed E-state index contributed by atoms with van der Waals surface area (Å²) in [6.07, 6.45) is 0. The Kier molecular flexibility index (Phi) is 3.99. The van der Waals surface area contributed by atoms with Crippen LogP contribution in [0.1, 0.15) is 10.4 Å². The monoisotopic (exact) mass is 337 g/mol. The highest BCUT2D eigenvalue weighted by atomic mass is 79.9. The molecule has 2 rings (SSSR count). The van der Waals surface area contributed by atoms with Gasteiger partial charge in [-0.05, 0) is 24.3 Å². The van der Waals surface area contributed by atoms with Crippen molar-refractivity contribution in [1.82, 2.24) is 0 Å². The first kappa shape index (κ1) is 14.0. The number of carboxylic acids is 1. The van der Waals surface area contributed by atoms with Crippen molar-refractivity contribution in [3.8, 4) is 11.5 Å². The lowest BCUT2D eigenvalue weighted by molar-refractivity contribution is -0.384. The summed E-state index contributed by atoms with van der Waals surface area (Å²) < 4.78 is 6.22. The smallest absolute Gasteiger partial charge is 0.339 e. The maximum Gasteiger partial charge on any atom is 0.339 e. The van der Waals surface area contributed by atoms with Crippen LogP contribution in [0.25, 0.3) is 0 Å². The van der Waals surface area contributed by atoms with Gasteiger partial charge in [0.1, 0.15) is 17.1 Å². The first-order chi connectivity index (χ1) is 9.47. The topological polar surface area (TPSA) is 89.7 Å². The molecule has 0 spiro atoms. The summed E-state index contributed by atoms with van der Waals surface area (Å²) in [4.78, 5) is 21.1. The molecular weight excluding hydrogens is 330 g/mol. The average molecular weight is 338 g/mol. The van der Waals surface area contributed by atoms with Crippen molar-refractivity contribution < 1.29 is 19.6 Å². The number of halogens is 1. The molecule has 0 unspecified atom stereocenters. The molecule has 0 heterocycles. The van der Waals surface area contributed by atoms with E-state index in [0.717, 1.165) is 10.5 Å².